The summed E-state index contributed by atoms with van der Waals surface area (Å²) in [5.41, 5.74) is 0.382. The van der Waals surface area contributed by atoms with E-state index in [1.165, 1.54) is 18.4 Å². The number of aliphatic hydroxyl groups is 1. The quantitative estimate of drug-likeness (QED) is 0.766. The Morgan fingerprint density at radius 3 is 2.84 bits per heavy atom. The molecule has 0 amide bonds. The molecule has 104 valence electrons. The van der Waals surface area contributed by atoms with E-state index in [1.807, 2.05) is 12.1 Å². The van der Waals surface area contributed by atoms with Crippen LogP contribution in [0.4, 0.5) is 0 Å². The summed E-state index contributed by atoms with van der Waals surface area (Å²) < 4.78 is 5.25. The zero-order valence-corrected chi connectivity index (χ0v) is 11.8. The Bertz CT molecular complexity index is 438. The number of benzene rings is 1. The van der Waals surface area contributed by atoms with E-state index in [0.29, 0.717) is 12.6 Å². The van der Waals surface area contributed by atoms with Crippen LogP contribution in [0.2, 0.25) is 0 Å². The molecule has 1 aromatic carbocycles. The maximum Gasteiger partial charge on any atom is 0.119 e. The van der Waals surface area contributed by atoms with Crippen molar-refractivity contribution in [3.63, 3.8) is 0 Å². The lowest BCUT2D eigenvalue weighted by molar-refractivity contribution is 0.0553. The van der Waals surface area contributed by atoms with Gasteiger partial charge in [-0.25, -0.2) is 0 Å². The fourth-order valence-corrected chi connectivity index (χ4v) is 2.23. The van der Waals surface area contributed by atoms with Crippen molar-refractivity contribution in [1.29, 1.82) is 0 Å². The average Bonchev–Trinajstić information content (AvgIpc) is 3.22. The summed E-state index contributed by atoms with van der Waals surface area (Å²) in [4.78, 5) is 2.33. The number of hydrogen-bond acceptors (Lipinski definition) is 3. The van der Waals surface area contributed by atoms with E-state index >= 15 is 0 Å². The molecule has 0 radical (unpaired) electrons. The second kappa shape index (κ2) is 5.76. The summed E-state index contributed by atoms with van der Waals surface area (Å²) in [7, 11) is 1.68. The van der Waals surface area contributed by atoms with Crippen molar-refractivity contribution in [2.24, 2.45) is 0 Å². The van der Waals surface area contributed by atoms with Crippen LogP contribution in [0.5, 0.6) is 5.75 Å². The maximum absolute atomic E-state index is 10.2. The van der Waals surface area contributed by atoms with Gasteiger partial charge in [0.25, 0.3) is 0 Å². The molecule has 0 heterocycles. The summed E-state index contributed by atoms with van der Waals surface area (Å²) in [6.45, 7) is 6.97. The molecular formula is C16H23NO2. The molecule has 1 saturated carbocycles. The predicted molar refractivity (Wildman–Crippen MR) is 77.2 cm³/mol. The summed E-state index contributed by atoms with van der Waals surface area (Å²) in [5, 5.41) is 10.2. The van der Waals surface area contributed by atoms with Crippen molar-refractivity contribution in [2.75, 3.05) is 13.7 Å². The lowest BCUT2D eigenvalue weighted by Gasteiger charge is -2.29. The first-order valence-electron chi connectivity index (χ1n) is 6.77. The highest BCUT2D eigenvalue weighted by Gasteiger charge is 2.32. The van der Waals surface area contributed by atoms with Gasteiger partial charge in [-0.3, -0.25) is 4.90 Å². The first-order valence-corrected chi connectivity index (χ1v) is 6.77. The van der Waals surface area contributed by atoms with Crippen LogP contribution in [0.25, 0.3) is 0 Å². The smallest absolute Gasteiger partial charge is 0.119 e. The predicted octanol–water partition coefficient (Wildman–Crippen LogP) is 2.60. The normalized spacial score (nSPS) is 18.1. The summed E-state index contributed by atoms with van der Waals surface area (Å²) in [5.74, 6) is 0.878. The number of methoxy groups -OCH3 is 1. The fourth-order valence-electron chi connectivity index (χ4n) is 2.23. The van der Waals surface area contributed by atoms with E-state index in [4.69, 9.17) is 4.74 Å². The Hall–Kier alpha value is -1.32. The average molecular weight is 261 g/mol. The molecule has 0 bridgehead atoms. The van der Waals surface area contributed by atoms with Gasteiger partial charge in [0.1, 0.15) is 5.75 Å². The van der Waals surface area contributed by atoms with Gasteiger partial charge in [-0.05, 0) is 37.5 Å². The molecule has 1 aromatic rings. The largest absolute Gasteiger partial charge is 0.497 e. The van der Waals surface area contributed by atoms with Gasteiger partial charge in [-0.1, -0.05) is 18.2 Å². The van der Waals surface area contributed by atoms with Gasteiger partial charge in [-0.2, -0.15) is 0 Å². The summed E-state index contributed by atoms with van der Waals surface area (Å²) in [6.07, 6.45) is 4.06. The molecule has 1 N–H and O–H groups in total. The minimum absolute atomic E-state index is 0.595. The van der Waals surface area contributed by atoms with E-state index in [0.717, 1.165) is 12.3 Å². The highest BCUT2D eigenvalue weighted by atomic mass is 16.5. The van der Waals surface area contributed by atoms with Crippen LogP contribution in [0, 0.1) is 0 Å². The third-order valence-corrected chi connectivity index (χ3v) is 3.55. The van der Waals surface area contributed by atoms with E-state index in [2.05, 4.69) is 23.6 Å². The molecule has 1 atom stereocenters. The monoisotopic (exact) mass is 261 g/mol. The number of rotatable bonds is 7. The second-order valence-corrected chi connectivity index (χ2v) is 5.55. The van der Waals surface area contributed by atoms with E-state index in [1.54, 1.807) is 20.1 Å². The first kappa shape index (κ1) is 14.1. The maximum atomic E-state index is 10.2. The summed E-state index contributed by atoms with van der Waals surface area (Å²) in [6, 6.07) is 8.70. The molecule has 0 aliphatic heterocycles. The molecule has 3 nitrogen and oxygen atoms in total. The van der Waals surface area contributed by atoms with Gasteiger partial charge in [0.05, 0.1) is 12.7 Å². The van der Waals surface area contributed by atoms with Gasteiger partial charge in [-0.15, -0.1) is 6.58 Å². The van der Waals surface area contributed by atoms with Crippen molar-refractivity contribution in [3.05, 3.63) is 42.5 Å². The molecule has 19 heavy (non-hydrogen) atoms. The van der Waals surface area contributed by atoms with Crippen LogP contribution in [-0.4, -0.2) is 35.3 Å². The van der Waals surface area contributed by atoms with Gasteiger partial charge in [0.2, 0.25) is 0 Å². The van der Waals surface area contributed by atoms with Crippen molar-refractivity contribution in [3.8, 4) is 5.75 Å². The van der Waals surface area contributed by atoms with Crippen LogP contribution in [0.1, 0.15) is 25.3 Å². The van der Waals surface area contributed by atoms with Crippen molar-refractivity contribution in [1.82, 2.24) is 4.90 Å². The molecule has 1 aliphatic carbocycles. The lowest BCUT2D eigenvalue weighted by atomic mass is 10.1. The summed E-state index contributed by atoms with van der Waals surface area (Å²) >= 11 is 0. The molecule has 0 saturated heterocycles. The molecule has 2 rings (SSSR count). The fraction of sp³-hybridized carbons (Fsp3) is 0.500. The minimum Gasteiger partial charge on any atom is -0.497 e. The minimum atomic E-state index is -0.832. The zero-order valence-electron chi connectivity index (χ0n) is 11.8. The van der Waals surface area contributed by atoms with Crippen LogP contribution >= 0.6 is 0 Å². The Morgan fingerprint density at radius 1 is 1.53 bits per heavy atom. The zero-order chi connectivity index (χ0) is 13.9. The van der Waals surface area contributed by atoms with E-state index in [9.17, 15) is 5.11 Å². The highest BCUT2D eigenvalue weighted by Crippen LogP contribution is 2.30. The Labute approximate surface area is 115 Å². The highest BCUT2D eigenvalue weighted by molar-refractivity contribution is 5.28. The first-order chi connectivity index (χ1) is 9.04. The molecule has 0 aromatic heterocycles. The molecular weight excluding hydrogens is 238 g/mol. The Kier molecular flexibility index (Phi) is 4.27. The Morgan fingerprint density at radius 2 is 2.26 bits per heavy atom. The third kappa shape index (κ3) is 4.08. The van der Waals surface area contributed by atoms with Gasteiger partial charge >= 0.3 is 0 Å². The molecule has 1 fully saturated rings. The van der Waals surface area contributed by atoms with Crippen LogP contribution in [0.15, 0.2) is 36.9 Å². The number of hydrogen-bond donors (Lipinski definition) is 1. The van der Waals surface area contributed by atoms with Gasteiger partial charge < -0.3 is 9.84 Å². The standard InChI is InChI=1S/C16H23NO2/c1-4-16(2,18)12-17(14-8-9-14)11-13-6-5-7-15(10-13)19-3/h4-7,10,14,18H,1,8-9,11-12H2,2-3H3. The number of nitrogens with zero attached hydrogens (tertiary/aromatic N) is 1. The molecule has 1 aliphatic rings. The Balaban J connectivity index is 2.05. The molecule has 3 heteroatoms. The van der Waals surface area contributed by atoms with E-state index in [-0.39, 0.29) is 0 Å². The van der Waals surface area contributed by atoms with Crippen LogP contribution in [-0.2, 0) is 6.54 Å². The molecule has 0 spiro atoms. The number of ether oxygens (including phenoxy) is 1. The van der Waals surface area contributed by atoms with Crippen molar-refractivity contribution < 1.29 is 9.84 Å². The topological polar surface area (TPSA) is 32.7 Å². The van der Waals surface area contributed by atoms with Crippen molar-refractivity contribution in [2.45, 2.75) is 38.0 Å². The van der Waals surface area contributed by atoms with Crippen LogP contribution < -0.4 is 4.74 Å². The third-order valence-electron chi connectivity index (χ3n) is 3.55. The molecule has 1 unspecified atom stereocenters. The van der Waals surface area contributed by atoms with Crippen molar-refractivity contribution >= 4 is 0 Å². The van der Waals surface area contributed by atoms with Gasteiger partial charge in [0.15, 0.2) is 0 Å². The second-order valence-electron chi connectivity index (χ2n) is 5.55. The SMILES string of the molecule is C=CC(C)(O)CN(Cc1cccc(OC)c1)C1CC1. The van der Waals surface area contributed by atoms with Gasteiger partial charge in [0, 0.05) is 19.1 Å². The van der Waals surface area contributed by atoms with E-state index < -0.39 is 5.60 Å². The lowest BCUT2D eigenvalue weighted by Crippen LogP contribution is -2.40. The van der Waals surface area contributed by atoms with Crippen LogP contribution in [0.3, 0.4) is 0 Å².